The zero-order valence-corrected chi connectivity index (χ0v) is 15.9. The maximum absolute atomic E-state index is 12.3. The van der Waals surface area contributed by atoms with Crippen molar-refractivity contribution < 1.29 is 23.9 Å². The summed E-state index contributed by atoms with van der Waals surface area (Å²) in [6.07, 6.45) is -0.342. The van der Waals surface area contributed by atoms with Gasteiger partial charge >= 0.3 is 5.97 Å². The maximum atomic E-state index is 12.3. The first-order chi connectivity index (χ1) is 12.8. The van der Waals surface area contributed by atoms with Crippen LogP contribution < -0.4 is 10.1 Å². The molecule has 0 fully saturated rings. The lowest BCUT2D eigenvalue weighted by Crippen LogP contribution is -2.32. The normalized spacial score (nSPS) is 11.4. The number of para-hydroxylation sites is 1. The van der Waals surface area contributed by atoms with Crippen LogP contribution in [0.15, 0.2) is 36.4 Å². The third-order valence-corrected chi connectivity index (χ3v) is 3.99. The minimum absolute atomic E-state index is 0.285. The number of benzene rings is 2. The van der Waals surface area contributed by atoms with E-state index in [1.165, 1.54) is 6.92 Å². The van der Waals surface area contributed by atoms with Gasteiger partial charge in [-0.25, -0.2) is 4.79 Å². The Morgan fingerprint density at radius 3 is 2.37 bits per heavy atom. The van der Waals surface area contributed by atoms with Crippen molar-refractivity contribution in [2.75, 3.05) is 11.9 Å². The van der Waals surface area contributed by atoms with E-state index >= 15 is 0 Å². The first kappa shape index (κ1) is 20.2. The molecule has 1 N–H and O–H groups in total. The lowest BCUT2D eigenvalue weighted by atomic mass is 10.0. The summed E-state index contributed by atoms with van der Waals surface area (Å²) >= 11 is 0. The van der Waals surface area contributed by atoms with Gasteiger partial charge in [0.25, 0.3) is 5.91 Å². The Kier molecular flexibility index (Phi) is 6.71. The van der Waals surface area contributed by atoms with Crippen LogP contribution in [0.3, 0.4) is 0 Å². The molecular formula is C21H23NO5. The fourth-order valence-electron chi connectivity index (χ4n) is 2.73. The van der Waals surface area contributed by atoms with Gasteiger partial charge in [0, 0.05) is 5.69 Å². The average molecular weight is 369 g/mol. The number of rotatable bonds is 7. The van der Waals surface area contributed by atoms with E-state index in [1.54, 1.807) is 24.3 Å². The molecule has 6 heteroatoms. The lowest BCUT2D eigenvalue weighted by molar-refractivity contribution is -0.155. The van der Waals surface area contributed by atoms with Gasteiger partial charge in [0.05, 0.1) is 5.56 Å². The zero-order valence-electron chi connectivity index (χ0n) is 15.9. The summed E-state index contributed by atoms with van der Waals surface area (Å²) in [5.41, 5.74) is 4.03. The molecule has 27 heavy (non-hydrogen) atoms. The second-order valence-corrected chi connectivity index (χ2v) is 6.34. The van der Waals surface area contributed by atoms with Crippen molar-refractivity contribution in [1.82, 2.24) is 0 Å². The Hall–Kier alpha value is -3.15. The summed E-state index contributed by atoms with van der Waals surface area (Å²) in [6, 6.07) is 10.5. The Labute approximate surface area is 158 Å². The highest BCUT2D eigenvalue weighted by Crippen LogP contribution is 2.22. The molecule has 0 unspecified atom stereocenters. The Morgan fingerprint density at radius 2 is 1.74 bits per heavy atom. The molecule has 0 aliphatic heterocycles. The molecule has 0 bridgehead atoms. The molecular weight excluding hydrogens is 346 g/mol. The third-order valence-electron chi connectivity index (χ3n) is 3.99. The number of ether oxygens (including phenoxy) is 2. The van der Waals surface area contributed by atoms with Crippen LogP contribution in [-0.2, 0) is 14.3 Å². The molecule has 0 saturated heterocycles. The molecule has 0 spiro atoms. The van der Waals surface area contributed by atoms with Crippen molar-refractivity contribution in [3.8, 4) is 5.75 Å². The largest absolute Gasteiger partial charge is 0.481 e. The van der Waals surface area contributed by atoms with Crippen molar-refractivity contribution in [3.63, 3.8) is 0 Å². The summed E-state index contributed by atoms with van der Waals surface area (Å²) in [5, 5.41) is 2.80. The number of esters is 1. The fraction of sp³-hybridized carbons (Fsp3) is 0.286. The van der Waals surface area contributed by atoms with Crippen LogP contribution in [-0.4, -0.2) is 30.9 Å². The number of nitrogens with one attached hydrogen (secondary N) is 1. The molecule has 6 nitrogen and oxygen atoms in total. The Balaban J connectivity index is 1.92. The molecule has 0 aromatic heterocycles. The Bertz CT molecular complexity index is 836. The standard InChI is InChI=1S/C21H23NO5/c1-13-9-14(2)20(15(3)10-13)22-21(25)16(4)27-19(24)12-26-18-8-6-5-7-17(18)11-23/h5-11,16H,12H2,1-4H3,(H,22,25)/t16-/m1/s1. The summed E-state index contributed by atoms with van der Waals surface area (Å²) < 4.78 is 10.4. The quantitative estimate of drug-likeness (QED) is 0.598. The van der Waals surface area contributed by atoms with E-state index in [4.69, 9.17) is 9.47 Å². The van der Waals surface area contributed by atoms with Crippen molar-refractivity contribution in [1.29, 1.82) is 0 Å². The van der Waals surface area contributed by atoms with E-state index in [0.29, 0.717) is 17.5 Å². The molecule has 0 aliphatic rings. The maximum Gasteiger partial charge on any atom is 0.344 e. The summed E-state index contributed by atoms with van der Waals surface area (Å²) in [7, 11) is 0. The van der Waals surface area contributed by atoms with E-state index < -0.39 is 24.6 Å². The molecule has 2 aromatic carbocycles. The van der Waals surface area contributed by atoms with Crippen LogP contribution in [0, 0.1) is 20.8 Å². The van der Waals surface area contributed by atoms with E-state index in [-0.39, 0.29) is 5.75 Å². The number of aryl methyl sites for hydroxylation is 3. The topological polar surface area (TPSA) is 81.7 Å². The van der Waals surface area contributed by atoms with Crippen molar-refractivity contribution >= 4 is 23.9 Å². The zero-order chi connectivity index (χ0) is 20.0. The van der Waals surface area contributed by atoms with E-state index in [0.717, 1.165) is 16.7 Å². The van der Waals surface area contributed by atoms with Crippen molar-refractivity contribution in [2.24, 2.45) is 0 Å². The van der Waals surface area contributed by atoms with Gasteiger partial charge in [0.15, 0.2) is 19.0 Å². The minimum Gasteiger partial charge on any atom is -0.481 e. The van der Waals surface area contributed by atoms with Crippen LogP contribution >= 0.6 is 0 Å². The predicted octanol–water partition coefficient (Wildman–Crippen LogP) is 3.37. The average Bonchev–Trinajstić information content (AvgIpc) is 2.62. The molecule has 142 valence electrons. The monoisotopic (exact) mass is 369 g/mol. The second-order valence-electron chi connectivity index (χ2n) is 6.34. The number of amides is 1. The molecule has 2 rings (SSSR count). The number of carbonyl (C=O) groups is 3. The SMILES string of the molecule is Cc1cc(C)c(NC(=O)[C@@H](C)OC(=O)COc2ccccc2C=O)c(C)c1. The number of carbonyl (C=O) groups excluding carboxylic acids is 3. The van der Waals surface area contributed by atoms with Gasteiger partial charge in [-0.1, -0.05) is 29.8 Å². The smallest absolute Gasteiger partial charge is 0.344 e. The third kappa shape index (κ3) is 5.41. The van der Waals surface area contributed by atoms with E-state index in [1.807, 2.05) is 32.9 Å². The van der Waals surface area contributed by atoms with Gasteiger partial charge in [-0.05, 0) is 51.0 Å². The Morgan fingerprint density at radius 1 is 1.11 bits per heavy atom. The van der Waals surface area contributed by atoms with Gasteiger partial charge in [0.2, 0.25) is 0 Å². The summed E-state index contributed by atoms with van der Waals surface area (Å²) in [5.74, 6) is -0.838. The van der Waals surface area contributed by atoms with E-state index in [2.05, 4.69) is 5.32 Å². The van der Waals surface area contributed by atoms with Gasteiger partial charge < -0.3 is 14.8 Å². The van der Waals surface area contributed by atoms with Crippen LogP contribution in [0.4, 0.5) is 5.69 Å². The number of hydrogen-bond donors (Lipinski definition) is 1. The highest BCUT2D eigenvalue weighted by molar-refractivity contribution is 5.96. The summed E-state index contributed by atoms with van der Waals surface area (Å²) in [4.78, 5) is 35.2. The highest BCUT2D eigenvalue weighted by Gasteiger charge is 2.20. The molecule has 0 aliphatic carbocycles. The molecule has 0 saturated carbocycles. The van der Waals surface area contributed by atoms with Crippen molar-refractivity contribution in [2.45, 2.75) is 33.8 Å². The number of anilines is 1. The van der Waals surface area contributed by atoms with Gasteiger partial charge in [0.1, 0.15) is 5.75 Å². The van der Waals surface area contributed by atoms with Crippen LogP contribution in [0.5, 0.6) is 5.75 Å². The molecule has 0 radical (unpaired) electrons. The van der Waals surface area contributed by atoms with E-state index in [9.17, 15) is 14.4 Å². The second kappa shape index (κ2) is 8.98. The number of aldehydes is 1. The molecule has 1 atom stereocenters. The highest BCUT2D eigenvalue weighted by atomic mass is 16.6. The minimum atomic E-state index is -0.984. The van der Waals surface area contributed by atoms with Gasteiger partial charge in [-0.3, -0.25) is 9.59 Å². The van der Waals surface area contributed by atoms with Crippen LogP contribution in [0.2, 0.25) is 0 Å². The number of hydrogen-bond acceptors (Lipinski definition) is 5. The van der Waals surface area contributed by atoms with Gasteiger partial charge in [-0.2, -0.15) is 0 Å². The molecule has 1 amide bonds. The molecule has 0 heterocycles. The fourth-order valence-corrected chi connectivity index (χ4v) is 2.73. The molecule has 2 aromatic rings. The van der Waals surface area contributed by atoms with Crippen molar-refractivity contribution in [3.05, 3.63) is 58.7 Å². The first-order valence-electron chi connectivity index (χ1n) is 8.57. The van der Waals surface area contributed by atoms with Crippen LogP contribution in [0.1, 0.15) is 34.0 Å². The first-order valence-corrected chi connectivity index (χ1v) is 8.57. The van der Waals surface area contributed by atoms with Gasteiger partial charge in [-0.15, -0.1) is 0 Å². The van der Waals surface area contributed by atoms with Crippen LogP contribution in [0.25, 0.3) is 0 Å². The summed E-state index contributed by atoms with van der Waals surface area (Å²) in [6.45, 7) is 6.89. The predicted molar refractivity (Wildman–Crippen MR) is 102 cm³/mol. The lowest BCUT2D eigenvalue weighted by Gasteiger charge is -2.17.